The fourth-order valence-electron chi connectivity index (χ4n) is 7.68. The van der Waals surface area contributed by atoms with Gasteiger partial charge in [0.15, 0.2) is 5.82 Å². The fourth-order valence-corrected chi connectivity index (χ4v) is 7.96. The Morgan fingerprint density at radius 3 is 2.72 bits per heavy atom. The smallest absolute Gasteiger partial charge is 0.175 e. The van der Waals surface area contributed by atoms with Gasteiger partial charge in [-0.25, -0.2) is 18.2 Å². The van der Waals surface area contributed by atoms with Gasteiger partial charge in [0.25, 0.3) is 0 Å². The summed E-state index contributed by atoms with van der Waals surface area (Å²) in [7, 11) is 0. The van der Waals surface area contributed by atoms with Crippen LogP contribution in [0, 0.1) is 23.5 Å². The number of anilines is 1. The van der Waals surface area contributed by atoms with Crippen LogP contribution in [0.3, 0.4) is 0 Å². The number of hydrogen-bond acceptors (Lipinski definition) is 6. The van der Waals surface area contributed by atoms with Crippen molar-refractivity contribution in [1.29, 1.82) is 0 Å². The summed E-state index contributed by atoms with van der Waals surface area (Å²) in [6.07, 6.45) is 4.97. The molecule has 0 amide bonds. The number of hydrogen-bond donors (Lipinski definition) is 2. The maximum absolute atomic E-state index is 16.7. The van der Waals surface area contributed by atoms with E-state index in [1.54, 1.807) is 6.20 Å². The third-order valence-electron chi connectivity index (χ3n) is 9.60. The predicted molar refractivity (Wildman–Crippen MR) is 161 cm³/mol. The summed E-state index contributed by atoms with van der Waals surface area (Å²) in [5.74, 6) is 5.07. The van der Waals surface area contributed by atoms with Crippen molar-refractivity contribution >= 4 is 39.0 Å². The summed E-state index contributed by atoms with van der Waals surface area (Å²) in [6, 6.07) is 8.06. The molecule has 2 aromatic heterocycles. The molecule has 0 saturated carbocycles. The molecule has 2 bridgehead atoms. The van der Waals surface area contributed by atoms with Gasteiger partial charge >= 0.3 is 0 Å². The summed E-state index contributed by atoms with van der Waals surface area (Å²) < 4.78 is 45.6. The van der Waals surface area contributed by atoms with Crippen molar-refractivity contribution in [2.24, 2.45) is 0 Å². The summed E-state index contributed by atoms with van der Waals surface area (Å²) in [5, 5.41) is 15.2. The number of aromatic nitrogens is 2. The number of pyridine rings is 2. The van der Waals surface area contributed by atoms with Crippen LogP contribution in [0.1, 0.15) is 37.8 Å². The van der Waals surface area contributed by atoms with E-state index in [4.69, 9.17) is 16.6 Å². The lowest BCUT2D eigenvalue weighted by molar-refractivity contribution is 0.255. The van der Waals surface area contributed by atoms with Crippen LogP contribution in [0.25, 0.3) is 32.9 Å². The Labute approximate surface area is 251 Å². The van der Waals surface area contributed by atoms with Crippen molar-refractivity contribution in [2.45, 2.75) is 55.9 Å². The Bertz CT molecular complexity index is 1860. The number of phenols is 1. The van der Waals surface area contributed by atoms with Crippen LogP contribution in [-0.4, -0.2) is 69.9 Å². The monoisotopic (exact) mass is 603 g/mol. The van der Waals surface area contributed by atoms with Gasteiger partial charge < -0.3 is 15.3 Å². The van der Waals surface area contributed by atoms with Gasteiger partial charge in [-0.15, -0.1) is 0 Å². The molecule has 2 aromatic carbocycles. The Morgan fingerprint density at radius 1 is 1.09 bits per heavy atom. The fraction of sp³-hybridized carbons (Fsp3) is 0.394. The van der Waals surface area contributed by atoms with Crippen molar-refractivity contribution in [2.75, 3.05) is 31.1 Å². The first kappa shape index (κ1) is 27.0. The first-order chi connectivity index (χ1) is 20.8. The van der Waals surface area contributed by atoms with Gasteiger partial charge in [0.1, 0.15) is 34.6 Å². The van der Waals surface area contributed by atoms with E-state index in [1.807, 2.05) is 6.07 Å². The lowest BCUT2D eigenvalue weighted by Gasteiger charge is -2.35. The molecule has 4 aliphatic rings. The number of rotatable bonds is 2. The zero-order valence-corrected chi connectivity index (χ0v) is 24.1. The zero-order chi connectivity index (χ0) is 29.5. The van der Waals surface area contributed by atoms with Crippen molar-refractivity contribution in [3.8, 4) is 28.8 Å². The number of nitrogens with one attached hydrogen (secondary N) is 1. The summed E-state index contributed by atoms with van der Waals surface area (Å²) in [4.78, 5) is 13.6. The summed E-state index contributed by atoms with van der Waals surface area (Å²) >= 11 is 6.36. The van der Waals surface area contributed by atoms with E-state index < -0.39 is 23.3 Å². The molecule has 4 atom stereocenters. The molecule has 43 heavy (non-hydrogen) atoms. The second kappa shape index (κ2) is 9.98. The van der Waals surface area contributed by atoms with E-state index in [0.29, 0.717) is 41.5 Å². The predicted octanol–water partition coefficient (Wildman–Crippen LogP) is 5.96. The van der Waals surface area contributed by atoms with E-state index in [2.05, 4.69) is 31.9 Å². The number of phenolic OH excluding ortho intramolecular Hbond substituents is 1. The SMILES string of the molecule is Oc1cc(-c2ncc3c(N4CC5CCC(C4)N5)cc(C#CC45CCCN4CC(F)C5)nc3c2F)c2c(Cl)c(F)ccc2c1. The van der Waals surface area contributed by atoms with Crippen LogP contribution in [0.5, 0.6) is 5.75 Å². The van der Waals surface area contributed by atoms with Crippen LogP contribution < -0.4 is 10.2 Å². The van der Waals surface area contributed by atoms with Crippen LogP contribution >= 0.6 is 11.6 Å². The van der Waals surface area contributed by atoms with E-state index in [0.717, 1.165) is 51.0 Å². The molecular weight excluding hydrogens is 575 g/mol. The van der Waals surface area contributed by atoms with Crippen LogP contribution in [0.4, 0.5) is 18.9 Å². The molecule has 6 nitrogen and oxygen atoms in total. The minimum Gasteiger partial charge on any atom is -0.508 e. The highest BCUT2D eigenvalue weighted by molar-refractivity contribution is 6.37. The molecule has 6 heterocycles. The van der Waals surface area contributed by atoms with Gasteiger partial charge in [-0.3, -0.25) is 9.88 Å². The summed E-state index contributed by atoms with van der Waals surface area (Å²) in [6.45, 7) is 2.73. The number of alkyl halides is 1. The minimum absolute atomic E-state index is 0.0808. The van der Waals surface area contributed by atoms with Crippen molar-refractivity contribution < 1.29 is 18.3 Å². The Balaban J connectivity index is 1.32. The van der Waals surface area contributed by atoms with Crippen LogP contribution in [0.15, 0.2) is 36.5 Å². The average molecular weight is 604 g/mol. The molecule has 2 N–H and O–H groups in total. The van der Waals surface area contributed by atoms with Crippen LogP contribution in [-0.2, 0) is 0 Å². The Morgan fingerprint density at radius 2 is 1.91 bits per heavy atom. The number of halogens is 4. The number of fused-ring (bicyclic) bond motifs is 5. The molecule has 4 fully saturated rings. The quantitative estimate of drug-likeness (QED) is 0.276. The molecular formula is C33H29ClF3N5O. The number of benzene rings is 2. The maximum Gasteiger partial charge on any atom is 0.175 e. The van der Waals surface area contributed by atoms with E-state index in [9.17, 15) is 13.9 Å². The highest BCUT2D eigenvalue weighted by atomic mass is 35.5. The molecule has 0 radical (unpaired) electrons. The largest absolute Gasteiger partial charge is 0.508 e. The molecule has 0 aliphatic carbocycles. The van der Waals surface area contributed by atoms with Crippen molar-refractivity contribution in [1.82, 2.24) is 20.2 Å². The van der Waals surface area contributed by atoms with Gasteiger partial charge in [0, 0.05) is 60.7 Å². The average Bonchev–Trinajstić information content (AvgIpc) is 3.63. The number of nitrogens with zero attached hydrogens (tertiary/aromatic N) is 4. The lowest BCUT2D eigenvalue weighted by Crippen LogP contribution is -2.51. The molecule has 4 saturated heterocycles. The van der Waals surface area contributed by atoms with E-state index >= 15 is 4.39 Å². The summed E-state index contributed by atoms with van der Waals surface area (Å²) in [5.41, 5.74) is 0.829. The van der Waals surface area contributed by atoms with Gasteiger partial charge in [-0.2, -0.15) is 0 Å². The Kier molecular flexibility index (Phi) is 6.27. The first-order valence-electron chi connectivity index (χ1n) is 14.8. The number of aromatic hydroxyl groups is 1. The highest BCUT2D eigenvalue weighted by Crippen LogP contribution is 2.42. The van der Waals surface area contributed by atoms with E-state index in [-0.39, 0.29) is 32.9 Å². The minimum atomic E-state index is -0.911. The number of piperazine rings is 1. The van der Waals surface area contributed by atoms with Gasteiger partial charge in [0.2, 0.25) is 0 Å². The molecule has 8 rings (SSSR count). The topological polar surface area (TPSA) is 64.5 Å². The van der Waals surface area contributed by atoms with Gasteiger partial charge in [-0.1, -0.05) is 23.6 Å². The van der Waals surface area contributed by atoms with E-state index in [1.165, 1.54) is 24.3 Å². The lowest BCUT2D eigenvalue weighted by atomic mass is 9.94. The standard InChI is InChI=1S/C33H29ClF3N5O/c34-29-26(36)5-2-18-10-23(43)12-24(28(18)29)31-30(37)32-25(14-38-31)27(41-16-21-3-4-22(17-41)39-21)11-20(40-32)6-8-33-7-1-9-42(33)15-19(35)13-33/h2,5,10-12,14,19,21-22,39,43H,1,3-4,7,9,13,15-17H2. The van der Waals surface area contributed by atoms with Crippen molar-refractivity contribution in [3.05, 3.63) is 58.9 Å². The first-order valence-corrected chi connectivity index (χ1v) is 15.2. The zero-order valence-electron chi connectivity index (χ0n) is 23.3. The molecule has 10 heteroatoms. The normalized spacial score (nSPS) is 26.7. The van der Waals surface area contributed by atoms with Gasteiger partial charge in [0.05, 0.1) is 16.2 Å². The van der Waals surface area contributed by atoms with Gasteiger partial charge in [-0.05, 0) is 67.8 Å². The molecule has 0 spiro atoms. The molecule has 4 unspecified atom stereocenters. The van der Waals surface area contributed by atoms with Crippen molar-refractivity contribution in [3.63, 3.8) is 0 Å². The third-order valence-corrected chi connectivity index (χ3v) is 9.97. The second-order valence-corrected chi connectivity index (χ2v) is 12.7. The molecule has 220 valence electrons. The van der Waals surface area contributed by atoms with Crippen LogP contribution in [0.2, 0.25) is 5.02 Å². The maximum atomic E-state index is 16.7. The third kappa shape index (κ3) is 4.42. The molecule has 4 aromatic rings. The second-order valence-electron chi connectivity index (χ2n) is 12.3. The molecule has 4 aliphatic heterocycles. The Hall–Kier alpha value is -3.58. The highest BCUT2D eigenvalue weighted by Gasteiger charge is 2.47.